The smallest absolute Gasteiger partial charge is 0.264 e. The van der Waals surface area contributed by atoms with E-state index in [1.54, 1.807) is 4.90 Å². The Balaban J connectivity index is 1.86. The Morgan fingerprint density at radius 1 is 1.23 bits per heavy atom. The van der Waals surface area contributed by atoms with Gasteiger partial charge in [-0.2, -0.15) is 0 Å². The molecule has 0 radical (unpaired) electrons. The van der Waals surface area contributed by atoms with Crippen LogP contribution in [-0.4, -0.2) is 22.8 Å². The number of halogens is 1. The Hall–Kier alpha value is -2.53. The van der Waals surface area contributed by atoms with Crippen molar-refractivity contribution in [1.82, 2.24) is 4.90 Å². The molecule has 160 valence electrons. The fourth-order valence-electron chi connectivity index (χ4n) is 3.50. The molecule has 30 heavy (non-hydrogen) atoms. The van der Waals surface area contributed by atoms with E-state index in [0.29, 0.717) is 42.4 Å². The second kappa shape index (κ2) is 9.09. The number of amides is 2. The maximum Gasteiger partial charge on any atom is 0.264 e. The molecule has 3 rings (SSSR count). The second-order valence-corrected chi connectivity index (χ2v) is 9.32. The van der Waals surface area contributed by atoms with Crippen LogP contribution in [0, 0.1) is 5.41 Å². The topological polar surface area (TPSA) is 58.6 Å². The summed E-state index contributed by atoms with van der Waals surface area (Å²) in [7, 11) is 0. The molecule has 1 aliphatic rings. The lowest BCUT2D eigenvalue weighted by Crippen LogP contribution is -2.38. The van der Waals surface area contributed by atoms with Crippen LogP contribution < -0.4 is 10.1 Å². The third-order valence-electron chi connectivity index (χ3n) is 4.94. The number of hydrogen-bond acceptors (Lipinski definition) is 3. The Kier molecular flexibility index (Phi) is 6.71. The van der Waals surface area contributed by atoms with E-state index in [9.17, 15) is 9.59 Å². The fourth-order valence-corrected chi connectivity index (χ4v) is 3.69. The van der Waals surface area contributed by atoms with Gasteiger partial charge in [0.1, 0.15) is 5.75 Å². The largest absolute Gasteiger partial charge is 0.480 e. The van der Waals surface area contributed by atoms with E-state index in [-0.39, 0.29) is 17.2 Å². The summed E-state index contributed by atoms with van der Waals surface area (Å²) in [6, 6.07) is 13.1. The lowest BCUT2D eigenvalue weighted by Gasteiger charge is -2.23. The maximum absolute atomic E-state index is 13.1. The zero-order valence-electron chi connectivity index (χ0n) is 18.0. The van der Waals surface area contributed by atoms with Gasteiger partial charge in [0.25, 0.3) is 5.91 Å². The highest BCUT2D eigenvalue weighted by Gasteiger charge is 2.30. The molecule has 1 N–H and O–H groups in total. The quantitative estimate of drug-likeness (QED) is 0.692. The summed E-state index contributed by atoms with van der Waals surface area (Å²) in [6.07, 6.45) is 0.451. The molecule has 5 nitrogen and oxygen atoms in total. The van der Waals surface area contributed by atoms with E-state index in [2.05, 4.69) is 5.32 Å². The number of fused-ring (bicyclic) bond motifs is 1. The molecule has 1 aliphatic heterocycles. The number of carbonyl (C=O) groups excluding carboxylic acids is 2. The fraction of sp³-hybridized carbons (Fsp3) is 0.417. The van der Waals surface area contributed by atoms with E-state index < -0.39 is 6.10 Å². The standard InChI is InChI=1S/C24H29ClN2O3/c1-5-20-23(29)27(14-16-8-6-7-9-19(16)25)15-17-12-18(10-11-21(17)30-20)26-22(28)13-24(2,3)4/h6-12,20H,5,13-15H2,1-4H3,(H,26,28)/t20-/m1/s1. The molecule has 2 aromatic rings. The van der Waals surface area contributed by atoms with Gasteiger partial charge in [-0.1, -0.05) is 57.5 Å². The minimum absolute atomic E-state index is 0.0348. The summed E-state index contributed by atoms with van der Waals surface area (Å²) in [6.45, 7) is 8.81. The molecule has 0 unspecified atom stereocenters. The van der Waals surface area contributed by atoms with E-state index in [0.717, 1.165) is 11.1 Å². The number of benzene rings is 2. The summed E-state index contributed by atoms with van der Waals surface area (Å²) in [5.74, 6) is 0.574. The van der Waals surface area contributed by atoms with Gasteiger partial charge in [0.15, 0.2) is 6.10 Å². The predicted octanol–water partition coefficient (Wildman–Crippen LogP) is 5.41. The number of hydrogen-bond donors (Lipinski definition) is 1. The van der Waals surface area contributed by atoms with E-state index in [1.165, 1.54) is 0 Å². The molecule has 2 amide bonds. The SMILES string of the molecule is CC[C@H]1Oc2ccc(NC(=O)CC(C)(C)C)cc2CN(Cc2ccccc2Cl)C1=O. The minimum atomic E-state index is -0.546. The molecule has 1 heterocycles. The summed E-state index contributed by atoms with van der Waals surface area (Å²) < 4.78 is 6.02. The lowest BCUT2D eigenvalue weighted by atomic mass is 9.92. The predicted molar refractivity (Wildman–Crippen MR) is 120 cm³/mol. The van der Waals surface area contributed by atoms with Crippen LogP contribution in [0.4, 0.5) is 5.69 Å². The molecule has 0 saturated carbocycles. The molecule has 0 spiro atoms. The van der Waals surface area contributed by atoms with Gasteiger partial charge in [-0.15, -0.1) is 0 Å². The van der Waals surface area contributed by atoms with Crippen molar-refractivity contribution in [2.24, 2.45) is 5.41 Å². The average molecular weight is 429 g/mol. The first-order valence-electron chi connectivity index (χ1n) is 10.3. The van der Waals surface area contributed by atoms with Crippen molar-refractivity contribution >= 4 is 29.1 Å². The monoisotopic (exact) mass is 428 g/mol. The normalized spacial score (nSPS) is 16.5. The molecular formula is C24H29ClN2O3. The Morgan fingerprint density at radius 3 is 2.63 bits per heavy atom. The first-order chi connectivity index (χ1) is 14.2. The Labute approximate surface area is 183 Å². The summed E-state index contributed by atoms with van der Waals surface area (Å²) in [4.78, 5) is 27.2. The third kappa shape index (κ3) is 5.54. The van der Waals surface area contributed by atoms with Gasteiger partial charge >= 0.3 is 0 Å². The van der Waals surface area contributed by atoms with Crippen LogP contribution in [0.1, 0.15) is 51.7 Å². The van der Waals surface area contributed by atoms with E-state index >= 15 is 0 Å². The molecular weight excluding hydrogens is 400 g/mol. The summed E-state index contributed by atoms with van der Waals surface area (Å²) in [5.41, 5.74) is 2.36. The van der Waals surface area contributed by atoms with Crippen molar-refractivity contribution in [1.29, 1.82) is 0 Å². The number of anilines is 1. The van der Waals surface area contributed by atoms with Crippen LogP contribution in [0.3, 0.4) is 0 Å². The first-order valence-corrected chi connectivity index (χ1v) is 10.7. The number of nitrogens with zero attached hydrogens (tertiary/aromatic N) is 1. The van der Waals surface area contributed by atoms with Gasteiger partial charge in [-0.3, -0.25) is 9.59 Å². The number of ether oxygens (including phenoxy) is 1. The molecule has 0 bridgehead atoms. The van der Waals surface area contributed by atoms with Gasteiger partial charge in [0.05, 0.1) is 0 Å². The second-order valence-electron chi connectivity index (χ2n) is 8.91. The van der Waals surface area contributed by atoms with Gasteiger partial charge in [0, 0.05) is 35.8 Å². The van der Waals surface area contributed by atoms with Crippen LogP contribution in [0.2, 0.25) is 5.02 Å². The Bertz CT molecular complexity index is 936. The third-order valence-corrected chi connectivity index (χ3v) is 5.31. The number of rotatable bonds is 5. The molecule has 0 aliphatic carbocycles. The van der Waals surface area contributed by atoms with Crippen LogP contribution in [0.5, 0.6) is 5.75 Å². The van der Waals surface area contributed by atoms with Crippen LogP contribution in [0.25, 0.3) is 0 Å². The minimum Gasteiger partial charge on any atom is -0.480 e. The molecule has 0 aromatic heterocycles. The zero-order chi connectivity index (χ0) is 21.9. The van der Waals surface area contributed by atoms with E-state index in [1.807, 2.05) is 70.2 Å². The van der Waals surface area contributed by atoms with Crippen molar-refractivity contribution in [3.05, 3.63) is 58.6 Å². The van der Waals surface area contributed by atoms with Crippen LogP contribution >= 0.6 is 11.6 Å². The van der Waals surface area contributed by atoms with Gasteiger partial charge in [-0.25, -0.2) is 0 Å². The zero-order valence-corrected chi connectivity index (χ0v) is 18.8. The van der Waals surface area contributed by atoms with Crippen molar-refractivity contribution in [3.8, 4) is 5.75 Å². The van der Waals surface area contributed by atoms with Gasteiger partial charge in [-0.05, 0) is 41.7 Å². The highest BCUT2D eigenvalue weighted by atomic mass is 35.5. The van der Waals surface area contributed by atoms with Crippen LogP contribution in [0.15, 0.2) is 42.5 Å². The van der Waals surface area contributed by atoms with Gasteiger partial charge < -0.3 is 15.0 Å². The first kappa shape index (κ1) is 22.2. The number of carbonyl (C=O) groups is 2. The van der Waals surface area contributed by atoms with Crippen molar-refractivity contribution < 1.29 is 14.3 Å². The van der Waals surface area contributed by atoms with Crippen molar-refractivity contribution in [2.45, 2.75) is 59.7 Å². The molecule has 0 saturated heterocycles. The lowest BCUT2D eigenvalue weighted by molar-refractivity contribution is -0.139. The highest BCUT2D eigenvalue weighted by Crippen LogP contribution is 2.31. The summed E-state index contributed by atoms with van der Waals surface area (Å²) >= 11 is 6.32. The average Bonchev–Trinajstić information content (AvgIpc) is 2.78. The molecule has 0 fully saturated rings. The molecule has 1 atom stereocenters. The van der Waals surface area contributed by atoms with Crippen molar-refractivity contribution in [2.75, 3.05) is 5.32 Å². The highest BCUT2D eigenvalue weighted by molar-refractivity contribution is 6.31. The number of nitrogens with one attached hydrogen (secondary N) is 1. The van der Waals surface area contributed by atoms with Crippen molar-refractivity contribution in [3.63, 3.8) is 0 Å². The molecule has 2 aromatic carbocycles. The Morgan fingerprint density at radius 2 is 1.97 bits per heavy atom. The molecule has 6 heteroatoms. The van der Waals surface area contributed by atoms with E-state index in [4.69, 9.17) is 16.3 Å². The maximum atomic E-state index is 13.1. The van der Waals surface area contributed by atoms with Gasteiger partial charge in [0.2, 0.25) is 5.91 Å². The van der Waals surface area contributed by atoms with Crippen LogP contribution in [-0.2, 0) is 22.7 Å². The summed E-state index contributed by atoms with van der Waals surface area (Å²) in [5, 5.41) is 3.59.